The topological polar surface area (TPSA) is 43.1 Å². The molecule has 4 aromatic rings. The van der Waals surface area contributed by atoms with Gasteiger partial charge in [-0.25, -0.2) is 4.98 Å². The van der Waals surface area contributed by atoms with Gasteiger partial charge in [-0.2, -0.15) is 5.10 Å². The summed E-state index contributed by atoms with van der Waals surface area (Å²) in [4.78, 5) is 5.35. The summed E-state index contributed by atoms with van der Waals surface area (Å²) < 4.78 is 0. The fourth-order valence-corrected chi connectivity index (χ4v) is 2.57. The minimum Gasteiger partial charge on any atom is -0.221 e. The molecule has 0 unspecified atom stereocenters. The Morgan fingerprint density at radius 2 is 1.57 bits per heavy atom. The number of aromatic nitrogens is 3. The molecule has 0 N–H and O–H groups in total. The lowest BCUT2D eigenvalue weighted by atomic mass is 9.97. The van der Waals surface area contributed by atoms with Gasteiger partial charge in [-0.1, -0.05) is 48.5 Å². The minimum absolute atomic E-state index is 1.10. The molecule has 1 aromatic heterocycles. The molecular weight excluding hydrogens is 260 g/mol. The van der Waals surface area contributed by atoms with Gasteiger partial charge in [0.15, 0.2) is 0 Å². The van der Waals surface area contributed by atoms with E-state index in [1.807, 2.05) is 18.3 Å². The van der Waals surface area contributed by atoms with Gasteiger partial charge in [0.2, 0.25) is 0 Å². The maximum absolute atomic E-state index is 4.35. The van der Waals surface area contributed by atoms with Crippen molar-refractivity contribution in [1.29, 1.82) is 0 Å². The molecule has 0 spiro atoms. The summed E-state index contributed by atoms with van der Waals surface area (Å²) in [7, 11) is 0. The molecule has 4 nitrogen and oxygen atoms in total. The highest BCUT2D eigenvalue weighted by atomic mass is 15.5. The van der Waals surface area contributed by atoms with E-state index < -0.39 is 0 Å². The first kappa shape index (κ1) is 11.8. The number of rotatable bonds is 2. The summed E-state index contributed by atoms with van der Waals surface area (Å²) in [5.74, 6) is 0. The third kappa shape index (κ3) is 2.07. The Hall–Kier alpha value is -3.01. The van der Waals surface area contributed by atoms with Crippen LogP contribution in [0.5, 0.6) is 0 Å². The van der Waals surface area contributed by atoms with Crippen molar-refractivity contribution in [3.8, 4) is 0 Å². The SMILES string of the molecule is C(=Nn1cncn1)c1c2ccccc2cc2ccccc12. The van der Waals surface area contributed by atoms with Crippen molar-refractivity contribution in [2.75, 3.05) is 0 Å². The van der Waals surface area contributed by atoms with E-state index in [0.717, 1.165) is 5.56 Å². The molecule has 0 aliphatic carbocycles. The molecule has 0 saturated carbocycles. The molecule has 100 valence electrons. The highest BCUT2D eigenvalue weighted by molar-refractivity contribution is 6.13. The molecule has 4 heteroatoms. The van der Waals surface area contributed by atoms with Crippen LogP contribution < -0.4 is 0 Å². The molecule has 0 bridgehead atoms. The first-order valence-electron chi connectivity index (χ1n) is 6.71. The zero-order valence-corrected chi connectivity index (χ0v) is 11.2. The maximum Gasteiger partial charge on any atom is 0.139 e. The van der Waals surface area contributed by atoms with Gasteiger partial charge in [-0.3, -0.25) is 0 Å². The quantitative estimate of drug-likeness (QED) is 0.414. The summed E-state index contributed by atoms with van der Waals surface area (Å²) in [5, 5.41) is 13.1. The molecular formula is C17H12N4. The zero-order chi connectivity index (χ0) is 14.1. The highest BCUT2D eigenvalue weighted by Crippen LogP contribution is 2.27. The second-order valence-corrected chi connectivity index (χ2v) is 4.79. The summed E-state index contributed by atoms with van der Waals surface area (Å²) in [6.45, 7) is 0. The minimum atomic E-state index is 1.10. The Bertz CT molecular complexity index is 886. The van der Waals surface area contributed by atoms with Crippen LogP contribution in [0.3, 0.4) is 0 Å². The molecule has 0 amide bonds. The molecule has 21 heavy (non-hydrogen) atoms. The van der Waals surface area contributed by atoms with Crippen LogP contribution in [0.4, 0.5) is 0 Å². The predicted molar refractivity (Wildman–Crippen MR) is 84.5 cm³/mol. The van der Waals surface area contributed by atoms with E-state index in [-0.39, 0.29) is 0 Å². The van der Waals surface area contributed by atoms with Crippen LogP contribution in [0.25, 0.3) is 21.5 Å². The molecule has 1 heterocycles. The van der Waals surface area contributed by atoms with Gasteiger partial charge in [0.1, 0.15) is 12.7 Å². The van der Waals surface area contributed by atoms with Gasteiger partial charge in [-0.05, 0) is 27.6 Å². The first-order valence-corrected chi connectivity index (χ1v) is 6.71. The molecule has 0 atom stereocenters. The van der Waals surface area contributed by atoms with Crippen molar-refractivity contribution in [3.63, 3.8) is 0 Å². The standard InChI is InChI=1S/C17H12N4/c1-3-7-15-13(5-1)9-14-6-2-4-8-16(14)17(15)10-19-21-12-18-11-20-21/h1-12H. The lowest BCUT2D eigenvalue weighted by molar-refractivity contribution is 0.743. The summed E-state index contributed by atoms with van der Waals surface area (Å²) in [6, 6.07) is 18.9. The van der Waals surface area contributed by atoms with E-state index in [1.54, 1.807) is 6.33 Å². The first-order chi connectivity index (χ1) is 10.4. The van der Waals surface area contributed by atoms with E-state index >= 15 is 0 Å². The van der Waals surface area contributed by atoms with Gasteiger partial charge in [0.25, 0.3) is 0 Å². The van der Waals surface area contributed by atoms with Crippen LogP contribution in [0.1, 0.15) is 5.56 Å². The number of benzene rings is 3. The lowest BCUT2D eigenvalue weighted by Crippen LogP contribution is -1.93. The molecule has 4 rings (SSSR count). The molecule has 0 radical (unpaired) electrons. The second kappa shape index (κ2) is 4.83. The molecule has 0 aliphatic rings. The van der Waals surface area contributed by atoms with Crippen molar-refractivity contribution in [3.05, 3.63) is 72.8 Å². The van der Waals surface area contributed by atoms with Gasteiger partial charge in [0, 0.05) is 5.56 Å². The monoisotopic (exact) mass is 272 g/mol. The average Bonchev–Trinajstić information content (AvgIpc) is 3.05. The molecule has 0 fully saturated rings. The summed E-state index contributed by atoms with van der Waals surface area (Å²) in [5.41, 5.74) is 1.10. The normalized spacial score (nSPS) is 11.6. The Balaban J connectivity index is 2.02. The third-order valence-electron chi connectivity index (χ3n) is 3.52. The largest absolute Gasteiger partial charge is 0.221 e. The lowest BCUT2D eigenvalue weighted by Gasteiger charge is -2.07. The highest BCUT2D eigenvalue weighted by Gasteiger charge is 2.05. The van der Waals surface area contributed by atoms with E-state index in [9.17, 15) is 0 Å². The van der Waals surface area contributed by atoms with Crippen molar-refractivity contribution in [2.45, 2.75) is 0 Å². The van der Waals surface area contributed by atoms with E-state index in [4.69, 9.17) is 0 Å². The number of nitrogens with zero attached hydrogens (tertiary/aromatic N) is 4. The zero-order valence-electron chi connectivity index (χ0n) is 11.2. The van der Waals surface area contributed by atoms with E-state index in [0.29, 0.717) is 0 Å². The number of fused-ring (bicyclic) bond motifs is 2. The molecule has 0 saturated heterocycles. The van der Waals surface area contributed by atoms with Crippen LogP contribution in [-0.4, -0.2) is 21.1 Å². The van der Waals surface area contributed by atoms with Crippen molar-refractivity contribution in [2.24, 2.45) is 5.10 Å². The smallest absolute Gasteiger partial charge is 0.139 e. The Kier molecular flexibility index (Phi) is 2.71. The third-order valence-corrected chi connectivity index (χ3v) is 3.52. The second-order valence-electron chi connectivity index (χ2n) is 4.79. The number of hydrogen-bond donors (Lipinski definition) is 0. The van der Waals surface area contributed by atoms with Crippen LogP contribution in [-0.2, 0) is 0 Å². The summed E-state index contributed by atoms with van der Waals surface area (Å²) in [6.07, 6.45) is 4.89. The van der Waals surface area contributed by atoms with Crippen LogP contribution in [0, 0.1) is 0 Å². The predicted octanol–water partition coefficient (Wildman–Crippen LogP) is 3.47. The van der Waals surface area contributed by atoms with E-state index in [2.05, 4.69) is 57.6 Å². The average molecular weight is 272 g/mol. The molecule has 3 aromatic carbocycles. The van der Waals surface area contributed by atoms with Gasteiger partial charge >= 0.3 is 0 Å². The fraction of sp³-hybridized carbons (Fsp3) is 0. The number of hydrogen-bond acceptors (Lipinski definition) is 3. The Morgan fingerprint density at radius 1 is 0.905 bits per heavy atom. The summed E-state index contributed by atoms with van der Waals surface area (Å²) >= 11 is 0. The Morgan fingerprint density at radius 3 is 2.19 bits per heavy atom. The van der Waals surface area contributed by atoms with E-state index in [1.165, 1.54) is 32.7 Å². The fourth-order valence-electron chi connectivity index (χ4n) is 2.57. The van der Waals surface area contributed by atoms with Crippen LogP contribution in [0.15, 0.2) is 72.4 Å². The van der Waals surface area contributed by atoms with Gasteiger partial charge in [0.05, 0.1) is 6.21 Å². The Labute approximate surface area is 121 Å². The maximum atomic E-state index is 4.35. The molecule has 0 aliphatic heterocycles. The van der Waals surface area contributed by atoms with Gasteiger partial charge < -0.3 is 0 Å². The van der Waals surface area contributed by atoms with Crippen molar-refractivity contribution >= 4 is 27.8 Å². The van der Waals surface area contributed by atoms with Crippen LogP contribution >= 0.6 is 0 Å². The van der Waals surface area contributed by atoms with Gasteiger partial charge in [-0.15, -0.1) is 9.89 Å². The van der Waals surface area contributed by atoms with Crippen LogP contribution in [0.2, 0.25) is 0 Å². The van der Waals surface area contributed by atoms with Crippen molar-refractivity contribution < 1.29 is 0 Å². The van der Waals surface area contributed by atoms with Crippen molar-refractivity contribution in [1.82, 2.24) is 14.9 Å².